The van der Waals surface area contributed by atoms with Crippen LogP contribution in [-0.4, -0.2) is 55.7 Å². The summed E-state index contributed by atoms with van der Waals surface area (Å²) in [6.07, 6.45) is -0.0901. The highest BCUT2D eigenvalue weighted by atomic mass is 35.5. The molecular formula is C33H33Cl2FN2O6S. The van der Waals surface area contributed by atoms with Gasteiger partial charge in [-0.1, -0.05) is 59.6 Å². The van der Waals surface area contributed by atoms with Crippen LogP contribution in [0.5, 0.6) is 0 Å². The molecule has 12 heteroatoms. The second-order valence-corrected chi connectivity index (χ2v) is 14.6. The van der Waals surface area contributed by atoms with Crippen molar-refractivity contribution < 1.29 is 31.9 Å². The van der Waals surface area contributed by atoms with Gasteiger partial charge in [0.1, 0.15) is 11.9 Å². The van der Waals surface area contributed by atoms with E-state index < -0.39 is 57.3 Å². The Morgan fingerprint density at radius 1 is 1.00 bits per heavy atom. The van der Waals surface area contributed by atoms with Crippen molar-refractivity contribution in [3.05, 3.63) is 99.8 Å². The molecule has 1 amide bonds. The van der Waals surface area contributed by atoms with E-state index in [1.54, 1.807) is 66.4 Å². The molecule has 45 heavy (non-hydrogen) atoms. The highest BCUT2D eigenvalue weighted by molar-refractivity contribution is 7.93. The average Bonchev–Trinajstić information content (AvgIpc) is 3.92. The maximum atomic E-state index is 15.3. The van der Waals surface area contributed by atoms with Crippen molar-refractivity contribution in [2.24, 2.45) is 5.92 Å². The second kappa shape index (κ2) is 12.9. The van der Waals surface area contributed by atoms with Gasteiger partial charge in [0.15, 0.2) is 0 Å². The lowest BCUT2D eigenvalue weighted by Gasteiger charge is -2.48. The summed E-state index contributed by atoms with van der Waals surface area (Å²) in [6, 6.07) is 18.1. The van der Waals surface area contributed by atoms with Crippen LogP contribution in [0.25, 0.3) is 0 Å². The zero-order valence-electron chi connectivity index (χ0n) is 24.5. The van der Waals surface area contributed by atoms with E-state index in [4.69, 9.17) is 32.7 Å². The van der Waals surface area contributed by atoms with Gasteiger partial charge in [-0.05, 0) is 86.1 Å². The summed E-state index contributed by atoms with van der Waals surface area (Å²) in [4.78, 5) is 29.3. The molecule has 0 N–H and O–H groups in total. The maximum absolute atomic E-state index is 15.3. The van der Waals surface area contributed by atoms with Gasteiger partial charge in [0.2, 0.25) is 16.1 Å². The summed E-state index contributed by atoms with van der Waals surface area (Å²) >= 11 is 12.6. The number of sulfonamides is 1. The van der Waals surface area contributed by atoms with E-state index >= 15 is 4.39 Å². The van der Waals surface area contributed by atoms with E-state index in [9.17, 15) is 18.0 Å². The van der Waals surface area contributed by atoms with Gasteiger partial charge in [-0.25, -0.2) is 17.6 Å². The molecule has 1 aliphatic heterocycles. The van der Waals surface area contributed by atoms with E-state index in [0.29, 0.717) is 34.0 Å². The summed E-state index contributed by atoms with van der Waals surface area (Å²) in [7, 11) is -3.96. The predicted octanol–water partition coefficient (Wildman–Crippen LogP) is 6.48. The first-order valence-corrected chi connectivity index (χ1v) is 17.3. The summed E-state index contributed by atoms with van der Waals surface area (Å²) in [5.74, 6) is -2.28. The van der Waals surface area contributed by atoms with Crippen LogP contribution in [0.3, 0.4) is 0 Å². The first-order chi connectivity index (χ1) is 21.6. The lowest BCUT2D eigenvalue weighted by molar-refractivity contribution is -0.193. The molecule has 4 unspecified atom stereocenters. The van der Waals surface area contributed by atoms with Gasteiger partial charge >= 0.3 is 5.97 Å². The third kappa shape index (κ3) is 6.56. The number of esters is 1. The van der Waals surface area contributed by atoms with E-state index in [0.717, 1.165) is 17.1 Å². The smallest absolute Gasteiger partial charge is 0.345 e. The molecule has 6 rings (SSSR count). The number of nitrogens with zero attached hydrogens (tertiary/aromatic N) is 2. The quantitative estimate of drug-likeness (QED) is 0.171. The molecule has 238 valence electrons. The SMILES string of the molecule is CCOC(=O)C1OC(c2cccc(Cl)c2)C(c2ccc(Cl)cc2)N(C(CN(c2ccccc2F)S(=O)(=O)C2CC2)C2CC2)C1=O. The van der Waals surface area contributed by atoms with Gasteiger partial charge in [0.25, 0.3) is 5.91 Å². The molecule has 4 atom stereocenters. The lowest BCUT2D eigenvalue weighted by Crippen LogP contribution is -2.60. The van der Waals surface area contributed by atoms with Crippen LogP contribution >= 0.6 is 23.2 Å². The zero-order valence-corrected chi connectivity index (χ0v) is 26.8. The van der Waals surface area contributed by atoms with Gasteiger partial charge in [0, 0.05) is 10.0 Å². The minimum Gasteiger partial charge on any atom is -0.464 e. The van der Waals surface area contributed by atoms with Crippen LogP contribution in [-0.2, 0) is 29.1 Å². The molecule has 0 radical (unpaired) electrons. The molecule has 3 aromatic rings. The number of hydrogen-bond acceptors (Lipinski definition) is 6. The van der Waals surface area contributed by atoms with E-state index in [1.165, 1.54) is 18.2 Å². The van der Waals surface area contributed by atoms with E-state index in [2.05, 4.69) is 0 Å². The summed E-state index contributed by atoms with van der Waals surface area (Å²) in [5.41, 5.74) is 1.20. The number of anilines is 1. The highest BCUT2D eigenvalue weighted by Crippen LogP contribution is 2.48. The van der Waals surface area contributed by atoms with Crippen molar-refractivity contribution in [2.45, 2.75) is 62.1 Å². The molecular weight excluding hydrogens is 642 g/mol. The number of rotatable bonds is 11. The molecule has 3 fully saturated rings. The Labute approximate surface area is 272 Å². The number of ether oxygens (including phenoxy) is 2. The monoisotopic (exact) mass is 674 g/mol. The highest BCUT2D eigenvalue weighted by Gasteiger charge is 2.54. The molecule has 1 heterocycles. The number of halogens is 3. The first kappa shape index (κ1) is 31.8. The van der Waals surface area contributed by atoms with Crippen molar-refractivity contribution in [3.63, 3.8) is 0 Å². The Kier molecular flexibility index (Phi) is 9.12. The molecule has 3 aromatic carbocycles. The van der Waals surface area contributed by atoms with Crippen molar-refractivity contribution >= 4 is 50.8 Å². The molecule has 3 aliphatic rings. The van der Waals surface area contributed by atoms with Crippen LogP contribution in [0.2, 0.25) is 10.0 Å². The van der Waals surface area contributed by atoms with Gasteiger partial charge in [0.05, 0.1) is 36.2 Å². The third-order valence-corrected chi connectivity index (χ3v) is 11.2. The molecule has 8 nitrogen and oxygen atoms in total. The van der Waals surface area contributed by atoms with Crippen LogP contribution < -0.4 is 4.31 Å². The number of para-hydroxylation sites is 1. The van der Waals surface area contributed by atoms with Crippen LogP contribution in [0, 0.1) is 11.7 Å². The first-order valence-electron chi connectivity index (χ1n) is 15.0. The van der Waals surface area contributed by atoms with Crippen molar-refractivity contribution in [3.8, 4) is 0 Å². The number of morpholine rings is 1. The fraction of sp³-hybridized carbons (Fsp3) is 0.394. The van der Waals surface area contributed by atoms with Crippen LogP contribution in [0.15, 0.2) is 72.8 Å². The van der Waals surface area contributed by atoms with Crippen molar-refractivity contribution in [2.75, 3.05) is 17.5 Å². The fourth-order valence-corrected chi connectivity index (χ4v) is 8.23. The Bertz CT molecular complexity index is 1680. The summed E-state index contributed by atoms with van der Waals surface area (Å²) < 4.78 is 55.8. The lowest BCUT2D eigenvalue weighted by atomic mass is 9.89. The van der Waals surface area contributed by atoms with Gasteiger partial charge in [-0.3, -0.25) is 9.10 Å². The predicted molar refractivity (Wildman–Crippen MR) is 169 cm³/mol. The molecule has 1 saturated heterocycles. The van der Waals surface area contributed by atoms with Crippen molar-refractivity contribution in [1.29, 1.82) is 0 Å². The average molecular weight is 676 g/mol. The summed E-state index contributed by atoms with van der Waals surface area (Å²) in [5, 5.41) is 0.287. The Balaban J connectivity index is 1.51. The largest absolute Gasteiger partial charge is 0.464 e. The molecule has 2 saturated carbocycles. The minimum atomic E-state index is -3.96. The number of amides is 1. The molecule has 0 bridgehead atoms. The van der Waals surface area contributed by atoms with Gasteiger partial charge < -0.3 is 14.4 Å². The summed E-state index contributed by atoms with van der Waals surface area (Å²) in [6.45, 7) is 1.47. The van der Waals surface area contributed by atoms with E-state index in [1.807, 2.05) is 0 Å². The topological polar surface area (TPSA) is 93.2 Å². The number of carbonyl (C=O) groups excluding carboxylic acids is 2. The molecule has 0 aromatic heterocycles. The second-order valence-electron chi connectivity index (χ2n) is 11.6. The normalized spacial score (nSPS) is 22.6. The number of carbonyl (C=O) groups is 2. The molecule has 0 spiro atoms. The Morgan fingerprint density at radius 2 is 1.71 bits per heavy atom. The van der Waals surface area contributed by atoms with Crippen molar-refractivity contribution in [1.82, 2.24) is 4.90 Å². The number of hydrogen-bond donors (Lipinski definition) is 0. The third-order valence-electron chi connectivity index (χ3n) is 8.49. The Hall–Kier alpha value is -3.18. The van der Waals surface area contributed by atoms with Crippen LogP contribution in [0.1, 0.15) is 55.9 Å². The van der Waals surface area contributed by atoms with Gasteiger partial charge in [-0.2, -0.15) is 0 Å². The maximum Gasteiger partial charge on any atom is 0.345 e. The standard InChI is InChI=1S/C33H33Cl2FN2O6S/c1-2-43-33(40)31-32(39)38(29(21-12-14-23(34)15-13-21)30(44-31)22-6-5-7-24(35)18-22)28(20-10-11-20)19-37(45(41,42)25-16-17-25)27-9-4-3-8-26(27)36/h3-9,12-15,18,20,25,28-31H,2,10-11,16-17,19H2,1H3. The zero-order chi connectivity index (χ0) is 31.9. The fourth-order valence-electron chi connectivity index (χ4n) is 6.04. The Morgan fingerprint density at radius 3 is 2.33 bits per heavy atom. The molecule has 2 aliphatic carbocycles. The van der Waals surface area contributed by atoms with Crippen LogP contribution in [0.4, 0.5) is 10.1 Å². The van der Waals surface area contributed by atoms with E-state index in [-0.39, 0.29) is 24.8 Å². The van der Waals surface area contributed by atoms with Gasteiger partial charge in [-0.15, -0.1) is 0 Å². The number of benzene rings is 3. The minimum absolute atomic E-state index is 0.0289.